The maximum absolute atomic E-state index is 11.7. The second kappa shape index (κ2) is 4.07. The van der Waals surface area contributed by atoms with Crippen molar-refractivity contribution in [2.45, 2.75) is 6.92 Å². The molecule has 0 spiro atoms. The number of benzene rings is 1. The van der Waals surface area contributed by atoms with Gasteiger partial charge in [0.05, 0.1) is 35.9 Å². The number of hydrogen-bond acceptors (Lipinski definition) is 4. The van der Waals surface area contributed by atoms with Crippen molar-refractivity contribution < 1.29 is 9.90 Å². The Balaban J connectivity index is 2.26. The van der Waals surface area contributed by atoms with E-state index in [1.54, 1.807) is 30.1 Å². The molecule has 1 amide bonds. The van der Waals surface area contributed by atoms with Gasteiger partial charge in [0.25, 0.3) is 0 Å². The third-order valence-corrected chi connectivity index (χ3v) is 2.93. The van der Waals surface area contributed by atoms with E-state index in [1.807, 2.05) is 12.1 Å². The molecule has 1 unspecified atom stereocenters. The number of carbonyl (C=O) groups excluding carboxylic acids is 1. The minimum Gasteiger partial charge on any atom is -0.395 e. The molecule has 0 aliphatic carbocycles. The van der Waals surface area contributed by atoms with Crippen molar-refractivity contribution in [1.29, 1.82) is 5.26 Å². The van der Waals surface area contributed by atoms with E-state index >= 15 is 0 Å². The minimum atomic E-state index is -0.789. The van der Waals surface area contributed by atoms with E-state index in [9.17, 15) is 9.90 Å². The van der Waals surface area contributed by atoms with Crippen LogP contribution in [0.15, 0.2) is 24.3 Å². The Morgan fingerprint density at radius 3 is 3.00 bits per heavy atom. The normalized spacial score (nSPS) is 23.4. The third kappa shape index (κ3) is 1.95. The highest BCUT2D eigenvalue weighted by Crippen LogP contribution is 2.27. The molecule has 0 radical (unpaired) electrons. The number of carbonyl (C=O) groups is 1. The SMILES string of the molecule is CC1(CO)CN(c2cccc(C#N)c2)NC1=O. The maximum atomic E-state index is 11.7. The van der Waals surface area contributed by atoms with Crippen LogP contribution in [0.5, 0.6) is 0 Å². The predicted molar refractivity (Wildman–Crippen MR) is 61.8 cm³/mol. The van der Waals surface area contributed by atoms with Crippen LogP contribution in [0.4, 0.5) is 5.69 Å². The molecule has 5 nitrogen and oxygen atoms in total. The first-order valence-electron chi connectivity index (χ1n) is 5.29. The van der Waals surface area contributed by atoms with E-state index in [1.165, 1.54) is 0 Å². The quantitative estimate of drug-likeness (QED) is 0.772. The van der Waals surface area contributed by atoms with Crippen LogP contribution in [0.25, 0.3) is 0 Å². The van der Waals surface area contributed by atoms with Crippen molar-refractivity contribution >= 4 is 11.6 Å². The van der Waals surface area contributed by atoms with Gasteiger partial charge in [-0.05, 0) is 25.1 Å². The number of aliphatic hydroxyl groups excluding tert-OH is 1. The van der Waals surface area contributed by atoms with Gasteiger partial charge in [0.2, 0.25) is 5.91 Å². The van der Waals surface area contributed by atoms with Crippen LogP contribution in [-0.4, -0.2) is 24.2 Å². The van der Waals surface area contributed by atoms with Gasteiger partial charge in [0, 0.05) is 0 Å². The van der Waals surface area contributed by atoms with E-state index in [0.29, 0.717) is 12.1 Å². The average molecular weight is 231 g/mol. The van der Waals surface area contributed by atoms with Crippen LogP contribution in [0, 0.1) is 16.7 Å². The Morgan fingerprint density at radius 1 is 1.65 bits per heavy atom. The molecule has 5 heteroatoms. The molecule has 1 fully saturated rings. The van der Waals surface area contributed by atoms with Gasteiger partial charge in [-0.1, -0.05) is 6.07 Å². The summed E-state index contributed by atoms with van der Waals surface area (Å²) < 4.78 is 0. The fraction of sp³-hybridized carbons (Fsp3) is 0.333. The van der Waals surface area contributed by atoms with Gasteiger partial charge in [0.1, 0.15) is 0 Å². The number of anilines is 1. The zero-order valence-corrected chi connectivity index (χ0v) is 9.47. The van der Waals surface area contributed by atoms with Crippen LogP contribution in [0.1, 0.15) is 12.5 Å². The molecule has 1 atom stereocenters. The van der Waals surface area contributed by atoms with Gasteiger partial charge in [-0.15, -0.1) is 0 Å². The standard InChI is InChI=1S/C12H13N3O2/c1-12(8-16)7-15(14-11(12)17)10-4-2-3-9(5-10)6-13/h2-5,16H,7-8H2,1H3,(H,14,17). The Hall–Kier alpha value is -2.06. The fourth-order valence-electron chi connectivity index (χ4n) is 1.74. The largest absolute Gasteiger partial charge is 0.395 e. The zero-order chi connectivity index (χ0) is 12.5. The Bertz CT molecular complexity index is 495. The number of hydrogen-bond donors (Lipinski definition) is 2. The summed E-state index contributed by atoms with van der Waals surface area (Å²) in [6, 6.07) is 9.02. The minimum absolute atomic E-state index is 0.201. The molecule has 0 bridgehead atoms. The monoisotopic (exact) mass is 231 g/mol. The molecule has 0 saturated carbocycles. The Morgan fingerprint density at radius 2 is 2.41 bits per heavy atom. The molecule has 1 aliphatic heterocycles. The number of nitrogens with zero attached hydrogens (tertiary/aromatic N) is 2. The van der Waals surface area contributed by atoms with Crippen LogP contribution in [0.3, 0.4) is 0 Å². The van der Waals surface area contributed by atoms with Gasteiger partial charge >= 0.3 is 0 Å². The van der Waals surface area contributed by atoms with Crippen LogP contribution in [0.2, 0.25) is 0 Å². The molecule has 1 saturated heterocycles. The zero-order valence-electron chi connectivity index (χ0n) is 9.47. The average Bonchev–Trinajstić information content (AvgIpc) is 2.67. The summed E-state index contributed by atoms with van der Waals surface area (Å²) in [5.41, 5.74) is 3.18. The first-order valence-corrected chi connectivity index (χ1v) is 5.29. The lowest BCUT2D eigenvalue weighted by molar-refractivity contribution is -0.128. The van der Waals surface area contributed by atoms with Crippen LogP contribution in [-0.2, 0) is 4.79 Å². The van der Waals surface area contributed by atoms with E-state index < -0.39 is 5.41 Å². The number of hydrazine groups is 1. The number of nitriles is 1. The van der Waals surface area contributed by atoms with E-state index in [0.717, 1.165) is 5.69 Å². The smallest absolute Gasteiger partial charge is 0.248 e. The molecule has 1 aromatic rings. The molecule has 1 aromatic carbocycles. The summed E-state index contributed by atoms with van der Waals surface area (Å²) in [6.07, 6.45) is 0. The van der Waals surface area contributed by atoms with Crippen molar-refractivity contribution in [3.63, 3.8) is 0 Å². The Kier molecular flexibility index (Phi) is 2.74. The molecule has 0 aromatic heterocycles. The fourth-order valence-corrected chi connectivity index (χ4v) is 1.74. The van der Waals surface area contributed by atoms with Crippen molar-refractivity contribution in [1.82, 2.24) is 5.43 Å². The van der Waals surface area contributed by atoms with Crippen molar-refractivity contribution in [2.75, 3.05) is 18.2 Å². The molecule has 2 rings (SSSR count). The lowest BCUT2D eigenvalue weighted by Gasteiger charge is -2.19. The van der Waals surface area contributed by atoms with Gasteiger partial charge in [-0.3, -0.25) is 15.2 Å². The number of aliphatic hydroxyl groups is 1. The lowest BCUT2D eigenvalue weighted by Crippen LogP contribution is -2.34. The molecule has 1 heterocycles. The van der Waals surface area contributed by atoms with Gasteiger partial charge < -0.3 is 5.11 Å². The maximum Gasteiger partial charge on any atom is 0.248 e. The first kappa shape index (κ1) is 11.4. The lowest BCUT2D eigenvalue weighted by atomic mass is 9.92. The van der Waals surface area contributed by atoms with Crippen molar-refractivity contribution in [2.24, 2.45) is 5.41 Å². The third-order valence-electron chi connectivity index (χ3n) is 2.93. The van der Waals surface area contributed by atoms with E-state index in [4.69, 9.17) is 5.26 Å². The van der Waals surface area contributed by atoms with Gasteiger partial charge in [0.15, 0.2) is 0 Å². The summed E-state index contributed by atoms with van der Waals surface area (Å²) in [5, 5.41) is 19.7. The molecule has 2 N–H and O–H groups in total. The summed E-state index contributed by atoms with van der Waals surface area (Å²) in [6.45, 7) is 1.89. The molecule has 17 heavy (non-hydrogen) atoms. The molecule has 88 valence electrons. The van der Waals surface area contributed by atoms with Crippen molar-refractivity contribution in [3.05, 3.63) is 29.8 Å². The topological polar surface area (TPSA) is 76.4 Å². The van der Waals surface area contributed by atoms with Crippen LogP contribution < -0.4 is 10.4 Å². The van der Waals surface area contributed by atoms with Gasteiger partial charge in [-0.25, -0.2) is 0 Å². The summed E-state index contributed by atoms with van der Waals surface area (Å²) in [5.74, 6) is -0.206. The molecular formula is C12H13N3O2. The predicted octanol–water partition coefficient (Wildman–Crippen LogP) is 0.408. The highest BCUT2D eigenvalue weighted by atomic mass is 16.3. The first-order chi connectivity index (χ1) is 8.09. The number of rotatable bonds is 2. The molecule has 1 aliphatic rings. The second-order valence-electron chi connectivity index (χ2n) is 4.41. The van der Waals surface area contributed by atoms with Gasteiger partial charge in [-0.2, -0.15) is 5.26 Å². The molecular weight excluding hydrogens is 218 g/mol. The highest BCUT2D eigenvalue weighted by molar-refractivity contribution is 5.87. The van der Waals surface area contributed by atoms with Crippen LogP contribution >= 0.6 is 0 Å². The summed E-state index contributed by atoms with van der Waals surface area (Å²) >= 11 is 0. The second-order valence-corrected chi connectivity index (χ2v) is 4.41. The number of amides is 1. The number of nitrogens with one attached hydrogen (secondary N) is 1. The van der Waals surface area contributed by atoms with E-state index in [-0.39, 0.29) is 12.5 Å². The highest BCUT2D eigenvalue weighted by Gasteiger charge is 2.41. The summed E-state index contributed by atoms with van der Waals surface area (Å²) in [4.78, 5) is 11.7. The van der Waals surface area contributed by atoms with Crippen molar-refractivity contribution in [3.8, 4) is 6.07 Å². The Labute approximate surface area is 99.2 Å². The summed E-state index contributed by atoms with van der Waals surface area (Å²) in [7, 11) is 0. The van der Waals surface area contributed by atoms with E-state index in [2.05, 4.69) is 5.43 Å².